The van der Waals surface area contributed by atoms with Crippen molar-refractivity contribution in [2.24, 2.45) is 4.99 Å². The quantitative estimate of drug-likeness (QED) is 0.139. The van der Waals surface area contributed by atoms with Crippen molar-refractivity contribution < 1.29 is 4.79 Å². The summed E-state index contributed by atoms with van der Waals surface area (Å²) in [5.74, 6) is 0.407. The Labute approximate surface area is 207 Å². The van der Waals surface area contributed by atoms with E-state index in [9.17, 15) is 4.79 Å². The molecule has 0 atom stereocenters. The summed E-state index contributed by atoms with van der Waals surface area (Å²) in [4.78, 5) is 18.3. The first kappa shape index (κ1) is 26.9. The van der Waals surface area contributed by atoms with Crippen molar-refractivity contribution in [2.45, 2.75) is 25.7 Å². The summed E-state index contributed by atoms with van der Waals surface area (Å²) in [6.45, 7) is 2.70. The van der Waals surface area contributed by atoms with Crippen LogP contribution in [0.15, 0.2) is 59.6 Å². The highest BCUT2D eigenvalue weighted by atomic mass is 35.5. The lowest BCUT2D eigenvalue weighted by Gasteiger charge is -2.16. The standard InChI is InChI=1S/C26H33ClN6O/c1-29-26(31-20-28)32-24-14-10-21(11-15-24)6-5-7-25(34)30-17-3-4-18-33(2)19-16-22-8-12-23(27)13-9-22/h5-6,8-15H,3-4,7,16-19H2,1-2H3,(H,30,34)(H2,29,31,32)/b6-5+. The number of aliphatic imine (C=N–C) groups is 1. The molecule has 0 aliphatic rings. The summed E-state index contributed by atoms with van der Waals surface area (Å²) in [5, 5.41) is 17.9. The molecule has 0 saturated heterocycles. The van der Waals surface area contributed by atoms with E-state index in [0.717, 1.165) is 48.6 Å². The van der Waals surface area contributed by atoms with Gasteiger partial charge in [-0.3, -0.25) is 15.1 Å². The highest BCUT2D eigenvalue weighted by Gasteiger charge is 2.02. The highest BCUT2D eigenvalue weighted by Crippen LogP contribution is 2.11. The number of unbranched alkanes of at least 4 members (excludes halogenated alkanes) is 1. The zero-order valence-electron chi connectivity index (χ0n) is 19.9. The van der Waals surface area contributed by atoms with Crippen molar-refractivity contribution in [3.8, 4) is 6.19 Å². The van der Waals surface area contributed by atoms with Crippen LogP contribution in [-0.2, 0) is 11.2 Å². The van der Waals surface area contributed by atoms with Gasteiger partial charge < -0.3 is 15.5 Å². The van der Waals surface area contributed by atoms with Crippen LogP contribution in [0.25, 0.3) is 6.08 Å². The lowest BCUT2D eigenvalue weighted by molar-refractivity contribution is -0.120. The van der Waals surface area contributed by atoms with E-state index in [1.807, 2.05) is 54.7 Å². The molecule has 34 heavy (non-hydrogen) atoms. The van der Waals surface area contributed by atoms with Crippen LogP contribution in [0, 0.1) is 11.5 Å². The molecule has 0 unspecified atom stereocenters. The molecule has 0 aliphatic carbocycles. The third-order valence-corrected chi connectivity index (χ3v) is 5.42. The summed E-state index contributed by atoms with van der Waals surface area (Å²) in [6.07, 6.45) is 8.96. The number of nitrogens with zero attached hydrogens (tertiary/aromatic N) is 3. The smallest absolute Gasteiger partial charge is 0.223 e. The molecule has 0 saturated carbocycles. The SMILES string of the molecule is CN=C(NC#N)Nc1ccc(/C=C/CC(=O)NCCCCN(C)CCc2ccc(Cl)cc2)cc1. The van der Waals surface area contributed by atoms with E-state index in [1.165, 1.54) is 5.56 Å². The van der Waals surface area contributed by atoms with E-state index in [0.29, 0.717) is 18.9 Å². The minimum Gasteiger partial charge on any atom is -0.356 e. The molecule has 180 valence electrons. The lowest BCUT2D eigenvalue weighted by atomic mass is 10.1. The Balaban J connectivity index is 1.57. The Kier molecular flexibility index (Phi) is 12.3. The second kappa shape index (κ2) is 15.5. The first-order chi connectivity index (χ1) is 16.5. The number of nitriles is 1. The van der Waals surface area contributed by atoms with Gasteiger partial charge in [0.1, 0.15) is 0 Å². The first-order valence-corrected chi connectivity index (χ1v) is 11.7. The van der Waals surface area contributed by atoms with Crippen LogP contribution in [0.1, 0.15) is 30.4 Å². The zero-order chi connectivity index (χ0) is 24.6. The zero-order valence-corrected chi connectivity index (χ0v) is 20.6. The number of amides is 1. The maximum atomic E-state index is 12.0. The predicted octanol–water partition coefficient (Wildman–Crippen LogP) is 4.28. The van der Waals surface area contributed by atoms with E-state index in [1.54, 1.807) is 7.05 Å². The Morgan fingerprint density at radius 3 is 2.53 bits per heavy atom. The molecular weight excluding hydrogens is 448 g/mol. The van der Waals surface area contributed by atoms with Crippen LogP contribution >= 0.6 is 11.6 Å². The third kappa shape index (κ3) is 11.0. The molecular formula is C26H33ClN6O. The Morgan fingerprint density at radius 2 is 1.85 bits per heavy atom. The molecule has 0 radical (unpaired) electrons. The minimum atomic E-state index is 0.0250. The monoisotopic (exact) mass is 480 g/mol. The molecule has 0 aromatic heterocycles. The molecule has 8 heteroatoms. The van der Waals surface area contributed by atoms with E-state index in [2.05, 4.69) is 45.0 Å². The topological polar surface area (TPSA) is 92.5 Å². The molecule has 2 aromatic carbocycles. The van der Waals surface area contributed by atoms with Gasteiger partial charge in [-0.2, -0.15) is 5.26 Å². The van der Waals surface area contributed by atoms with Gasteiger partial charge in [0.05, 0.1) is 0 Å². The number of carbonyl (C=O) groups excluding carboxylic acids is 1. The second-order valence-corrected chi connectivity index (χ2v) is 8.34. The van der Waals surface area contributed by atoms with Crippen LogP contribution in [0.4, 0.5) is 5.69 Å². The summed E-state index contributed by atoms with van der Waals surface area (Å²) in [7, 11) is 3.72. The van der Waals surface area contributed by atoms with Gasteiger partial charge in [-0.15, -0.1) is 0 Å². The van der Waals surface area contributed by atoms with Crippen LogP contribution in [0.3, 0.4) is 0 Å². The Bertz CT molecular complexity index is 980. The summed E-state index contributed by atoms with van der Waals surface area (Å²) in [6, 6.07) is 15.6. The maximum Gasteiger partial charge on any atom is 0.223 e. The molecule has 2 rings (SSSR count). The molecule has 2 aromatic rings. The number of halogens is 1. The van der Waals surface area contributed by atoms with Crippen molar-refractivity contribution in [2.75, 3.05) is 39.0 Å². The van der Waals surface area contributed by atoms with Gasteiger partial charge >= 0.3 is 0 Å². The summed E-state index contributed by atoms with van der Waals surface area (Å²) in [5.41, 5.74) is 3.09. The number of hydrogen-bond donors (Lipinski definition) is 3. The van der Waals surface area contributed by atoms with Crippen molar-refractivity contribution in [1.29, 1.82) is 5.26 Å². The molecule has 0 heterocycles. The predicted molar refractivity (Wildman–Crippen MR) is 141 cm³/mol. The van der Waals surface area contributed by atoms with Gasteiger partial charge in [-0.25, -0.2) is 0 Å². The van der Waals surface area contributed by atoms with E-state index < -0.39 is 0 Å². The number of carbonyl (C=O) groups is 1. The first-order valence-electron chi connectivity index (χ1n) is 11.4. The summed E-state index contributed by atoms with van der Waals surface area (Å²) >= 11 is 5.92. The number of benzene rings is 2. The minimum absolute atomic E-state index is 0.0250. The fraction of sp³-hybridized carbons (Fsp3) is 0.346. The van der Waals surface area contributed by atoms with E-state index >= 15 is 0 Å². The number of nitrogens with one attached hydrogen (secondary N) is 3. The van der Waals surface area contributed by atoms with Crippen LogP contribution in [0.2, 0.25) is 5.02 Å². The maximum absolute atomic E-state index is 12.0. The molecule has 0 fully saturated rings. The fourth-order valence-electron chi connectivity index (χ4n) is 3.20. The molecule has 0 aliphatic heterocycles. The summed E-state index contributed by atoms with van der Waals surface area (Å²) < 4.78 is 0. The van der Waals surface area contributed by atoms with E-state index in [-0.39, 0.29) is 5.91 Å². The molecule has 1 amide bonds. The number of anilines is 1. The number of rotatable bonds is 12. The van der Waals surface area contributed by atoms with Gasteiger partial charge in [0.2, 0.25) is 11.9 Å². The van der Waals surface area contributed by atoms with Crippen LogP contribution in [-0.4, -0.2) is 50.5 Å². The van der Waals surface area contributed by atoms with Crippen molar-refractivity contribution in [3.63, 3.8) is 0 Å². The number of hydrogen-bond acceptors (Lipinski definition) is 4. The molecule has 7 nitrogen and oxygen atoms in total. The van der Waals surface area contributed by atoms with Crippen LogP contribution in [0.5, 0.6) is 0 Å². The fourth-order valence-corrected chi connectivity index (χ4v) is 3.33. The average molecular weight is 481 g/mol. The van der Waals surface area contributed by atoms with Crippen molar-refractivity contribution in [3.05, 3.63) is 70.8 Å². The Morgan fingerprint density at radius 1 is 1.12 bits per heavy atom. The highest BCUT2D eigenvalue weighted by molar-refractivity contribution is 6.30. The molecule has 3 N–H and O–H groups in total. The normalized spacial score (nSPS) is 11.4. The van der Waals surface area contributed by atoms with Crippen LogP contribution < -0.4 is 16.0 Å². The Hall–Kier alpha value is -3.34. The van der Waals surface area contributed by atoms with Gasteiger partial charge in [0.15, 0.2) is 6.19 Å². The van der Waals surface area contributed by atoms with Gasteiger partial charge in [0.25, 0.3) is 0 Å². The number of guanidine groups is 1. The third-order valence-electron chi connectivity index (χ3n) is 5.17. The lowest BCUT2D eigenvalue weighted by Crippen LogP contribution is -2.26. The van der Waals surface area contributed by atoms with Gasteiger partial charge in [-0.1, -0.05) is 48.0 Å². The van der Waals surface area contributed by atoms with E-state index in [4.69, 9.17) is 16.9 Å². The molecule has 0 spiro atoms. The van der Waals surface area contributed by atoms with Crippen molar-refractivity contribution >= 4 is 35.2 Å². The largest absolute Gasteiger partial charge is 0.356 e. The molecule has 0 bridgehead atoms. The second-order valence-electron chi connectivity index (χ2n) is 7.90. The van der Waals surface area contributed by atoms with Crippen molar-refractivity contribution in [1.82, 2.24) is 15.5 Å². The number of likely N-dealkylation sites (N-methyl/N-ethyl adjacent to an activating group) is 1. The van der Waals surface area contributed by atoms with Gasteiger partial charge in [0, 0.05) is 37.3 Å². The van der Waals surface area contributed by atoms with Gasteiger partial charge in [-0.05, 0) is 68.2 Å². The average Bonchev–Trinajstić information content (AvgIpc) is 2.84.